The molecule has 0 unspecified atom stereocenters. The van der Waals surface area contributed by atoms with Crippen LogP contribution in [0, 0.1) is 11.8 Å². The molecule has 1 heterocycles. The van der Waals surface area contributed by atoms with E-state index in [4.69, 9.17) is 9.15 Å². The normalized spacial score (nSPS) is 17.8. The molecule has 0 aliphatic heterocycles. The van der Waals surface area contributed by atoms with E-state index in [1.807, 2.05) is 55.5 Å². The molecule has 0 atom stereocenters. The first-order chi connectivity index (χ1) is 16.1. The largest absolute Gasteiger partial charge is 0.466 e. The molecule has 4 rings (SSSR count). The summed E-state index contributed by atoms with van der Waals surface area (Å²) < 4.78 is 10.9. The molecular formula is C25H28N4O4. The van der Waals surface area contributed by atoms with Crippen molar-refractivity contribution in [3.63, 3.8) is 0 Å². The highest BCUT2D eigenvalue weighted by atomic mass is 16.5. The minimum absolute atomic E-state index is 0.00938. The molecule has 0 saturated heterocycles. The van der Waals surface area contributed by atoms with Gasteiger partial charge in [0.05, 0.1) is 12.5 Å². The Morgan fingerprint density at radius 3 is 2.39 bits per heavy atom. The van der Waals surface area contributed by atoms with Crippen LogP contribution in [0.15, 0.2) is 59.0 Å². The fourth-order valence-corrected chi connectivity index (χ4v) is 4.04. The Hall–Kier alpha value is -3.68. The molecule has 1 saturated carbocycles. The van der Waals surface area contributed by atoms with Crippen molar-refractivity contribution >= 4 is 17.7 Å². The van der Waals surface area contributed by atoms with Gasteiger partial charge in [0.2, 0.25) is 11.8 Å². The third kappa shape index (κ3) is 5.97. The molecule has 8 heteroatoms. The number of amides is 2. The maximum absolute atomic E-state index is 12.4. The number of esters is 1. The Morgan fingerprint density at radius 1 is 0.970 bits per heavy atom. The average molecular weight is 449 g/mol. The first kappa shape index (κ1) is 22.5. The summed E-state index contributed by atoms with van der Waals surface area (Å²) in [6.07, 6.45) is 3.42. The molecule has 0 radical (unpaired) electrons. The van der Waals surface area contributed by atoms with Crippen LogP contribution in [-0.2, 0) is 9.53 Å². The fourth-order valence-electron chi connectivity index (χ4n) is 4.04. The SMILES string of the molecule is CCOC(=O)C1CCC(CNC(=O)Nc2cccc(-c3nnc(-c4ccccc4)o3)c2)CC1. The third-order valence-corrected chi connectivity index (χ3v) is 5.83. The zero-order chi connectivity index (χ0) is 23.0. The molecule has 1 fully saturated rings. The fraction of sp³-hybridized carbons (Fsp3) is 0.360. The summed E-state index contributed by atoms with van der Waals surface area (Å²) in [5.74, 6) is 1.08. The van der Waals surface area contributed by atoms with Gasteiger partial charge >= 0.3 is 12.0 Å². The smallest absolute Gasteiger partial charge is 0.319 e. The summed E-state index contributed by atoms with van der Waals surface area (Å²) in [5.41, 5.74) is 2.21. The summed E-state index contributed by atoms with van der Waals surface area (Å²) >= 11 is 0. The van der Waals surface area contributed by atoms with Crippen LogP contribution in [0.3, 0.4) is 0 Å². The van der Waals surface area contributed by atoms with Crippen molar-refractivity contribution in [2.45, 2.75) is 32.6 Å². The number of urea groups is 1. The van der Waals surface area contributed by atoms with Crippen molar-refractivity contribution in [3.05, 3.63) is 54.6 Å². The van der Waals surface area contributed by atoms with Crippen LogP contribution in [0.25, 0.3) is 22.9 Å². The number of hydrogen-bond acceptors (Lipinski definition) is 6. The van der Waals surface area contributed by atoms with Gasteiger partial charge < -0.3 is 19.8 Å². The number of hydrogen-bond donors (Lipinski definition) is 2. The number of carbonyl (C=O) groups excluding carboxylic acids is 2. The molecule has 8 nitrogen and oxygen atoms in total. The summed E-state index contributed by atoms with van der Waals surface area (Å²) in [5, 5.41) is 14.0. The molecule has 2 aromatic carbocycles. The molecule has 2 N–H and O–H groups in total. The molecule has 0 spiro atoms. The van der Waals surface area contributed by atoms with E-state index < -0.39 is 0 Å². The lowest BCUT2D eigenvalue weighted by molar-refractivity contribution is -0.149. The van der Waals surface area contributed by atoms with E-state index in [0.717, 1.165) is 36.8 Å². The summed E-state index contributed by atoms with van der Waals surface area (Å²) in [4.78, 5) is 24.3. The number of benzene rings is 2. The van der Waals surface area contributed by atoms with Gasteiger partial charge in [-0.1, -0.05) is 24.3 Å². The molecule has 2 amide bonds. The average Bonchev–Trinajstić information content (AvgIpc) is 3.35. The van der Waals surface area contributed by atoms with Gasteiger partial charge in [-0.25, -0.2) is 4.79 Å². The molecule has 1 aliphatic rings. The molecule has 0 bridgehead atoms. The minimum atomic E-state index is -0.268. The van der Waals surface area contributed by atoms with Gasteiger partial charge in [-0.3, -0.25) is 4.79 Å². The molecule has 172 valence electrons. The highest BCUT2D eigenvalue weighted by Gasteiger charge is 2.27. The van der Waals surface area contributed by atoms with Crippen molar-refractivity contribution in [1.29, 1.82) is 0 Å². The summed E-state index contributed by atoms with van der Waals surface area (Å²) in [7, 11) is 0. The van der Waals surface area contributed by atoms with Crippen molar-refractivity contribution in [1.82, 2.24) is 15.5 Å². The zero-order valence-corrected chi connectivity index (χ0v) is 18.6. The first-order valence-electron chi connectivity index (χ1n) is 11.3. The zero-order valence-electron chi connectivity index (χ0n) is 18.6. The van der Waals surface area contributed by atoms with E-state index in [-0.39, 0.29) is 17.9 Å². The minimum Gasteiger partial charge on any atom is -0.466 e. The van der Waals surface area contributed by atoms with E-state index in [1.54, 1.807) is 6.07 Å². The van der Waals surface area contributed by atoms with Gasteiger partial charge in [0.25, 0.3) is 0 Å². The van der Waals surface area contributed by atoms with E-state index in [1.165, 1.54) is 0 Å². The van der Waals surface area contributed by atoms with E-state index in [0.29, 0.717) is 36.5 Å². The van der Waals surface area contributed by atoms with Crippen molar-refractivity contribution in [2.75, 3.05) is 18.5 Å². The standard InChI is InChI=1S/C25H28N4O4/c1-2-32-24(30)19-13-11-17(12-14-19)16-26-25(31)27-21-10-6-9-20(15-21)23-29-28-22(33-23)18-7-4-3-5-8-18/h3-10,15,17,19H,2,11-14,16H2,1H3,(H2,26,27,31). The van der Waals surface area contributed by atoms with Gasteiger partial charge in [-0.05, 0) is 68.9 Å². The Bertz CT molecular complexity index is 1070. The third-order valence-electron chi connectivity index (χ3n) is 5.83. The van der Waals surface area contributed by atoms with Gasteiger partial charge in [0.1, 0.15) is 0 Å². The lowest BCUT2D eigenvalue weighted by Gasteiger charge is -2.27. The number of aromatic nitrogens is 2. The highest BCUT2D eigenvalue weighted by Crippen LogP contribution is 2.29. The van der Waals surface area contributed by atoms with Gasteiger partial charge in [0.15, 0.2) is 0 Å². The predicted molar refractivity (Wildman–Crippen MR) is 124 cm³/mol. The first-order valence-corrected chi connectivity index (χ1v) is 11.3. The number of nitrogens with zero attached hydrogens (tertiary/aromatic N) is 2. The van der Waals surface area contributed by atoms with E-state index in [2.05, 4.69) is 20.8 Å². The second-order valence-electron chi connectivity index (χ2n) is 8.16. The van der Waals surface area contributed by atoms with Crippen LogP contribution >= 0.6 is 0 Å². The second-order valence-corrected chi connectivity index (χ2v) is 8.16. The summed E-state index contributed by atoms with van der Waals surface area (Å²) in [6, 6.07) is 16.6. The van der Waals surface area contributed by atoms with Crippen molar-refractivity contribution < 1.29 is 18.7 Å². The molecule has 1 aliphatic carbocycles. The van der Waals surface area contributed by atoms with Crippen LogP contribution in [0.4, 0.5) is 10.5 Å². The lowest BCUT2D eigenvalue weighted by Crippen LogP contribution is -2.35. The Kier molecular flexibility index (Phi) is 7.34. The molecular weight excluding hydrogens is 420 g/mol. The van der Waals surface area contributed by atoms with Crippen LogP contribution in [0.1, 0.15) is 32.6 Å². The molecule has 1 aromatic heterocycles. The van der Waals surface area contributed by atoms with Crippen molar-refractivity contribution in [3.8, 4) is 22.9 Å². The van der Waals surface area contributed by atoms with Crippen molar-refractivity contribution in [2.24, 2.45) is 11.8 Å². The van der Waals surface area contributed by atoms with Crippen LogP contribution < -0.4 is 10.6 Å². The quantitative estimate of drug-likeness (QED) is 0.498. The van der Waals surface area contributed by atoms with E-state index in [9.17, 15) is 9.59 Å². The maximum Gasteiger partial charge on any atom is 0.319 e. The van der Waals surface area contributed by atoms with Gasteiger partial charge in [-0.2, -0.15) is 0 Å². The highest BCUT2D eigenvalue weighted by molar-refractivity contribution is 5.89. The Labute approximate surface area is 192 Å². The van der Waals surface area contributed by atoms with Crippen LogP contribution in [-0.4, -0.2) is 35.3 Å². The molecule has 33 heavy (non-hydrogen) atoms. The maximum atomic E-state index is 12.4. The van der Waals surface area contributed by atoms with Crippen LogP contribution in [0.2, 0.25) is 0 Å². The monoisotopic (exact) mass is 448 g/mol. The Morgan fingerprint density at radius 2 is 1.67 bits per heavy atom. The summed E-state index contributed by atoms with van der Waals surface area (Å²) in [6.45, 7) is 2.82. The number of carbonyl (C=O) groups is 2. The second kappa shape index (κ2) is 10.8. The topological polar surface area (TPSA) is 106 Å². The number of ether oxygens (including phenoxy) is 1. The van der Waals surface area contributed by atoms with Gasteiger partial charge in [0, 0.05) is 23.4 Å². The number of anilines is 1. The Balaban J connectivity index is 1.28. The number of nitrogens with one attached hydrogen (secondary N) is 2. The molecule has 3 aromatic rings. The predicted octanol–water partition coefficient (Wildman–Crippen LogP) is 4.89. The van der Waals surface area contributed by atoms with Gasteiger partial charge in [-0.15, -0.1) is 10.2 Å². The van der Waals surface area contributed by atoms with E-state index >= 15 is 0 Å². The number of rotatable bonds is 7. The lowest BCUT2D eigenvalue weighted by atomic mass is 9.82. The van der Waals surface area contributed by atoms with Crippen LogP contribution in [0.5, 0.6) is 0 Å².